The van der Waals surface area contributed by atoms with Crippen LogP contribution < -0.4 is 5.32 Å². The number of nitrogens with one attached hydrogen (secondary N) is 1. The van der Waals surface area contributed by atoms with Gasteiger partial charge >= 0.3 is 0 Å². The number of likely N-dealkylation sites (tertiary alicyclic amines) is 1. The van der Waals surface area contributed by atoms with Crippen molar-refractivity contribution in [1.82, 2.24) is 19.7 Å². The number of anilines is 1. The van der Waals surface area contributed by atoms with Crippen LogP contribution in [0.25, 0.3) is 0 Å². The molecule has 1 amide bonds. The molecule has 6 nitrogen and oxygen atoms in total. The second-order valence-corrected chi connectivity index (χ2v) is 7.90. The molecule has 5 rings (SSSR count). The summed E-state index contributed by atoms with van der Waals surface area (Å²) in [5.41, 5.74) is 0.428. The van der Waals surface area contributed by atoms with E-state index in [4.69, 9.17) is 0 Å². The molecule has 1 aromatic heterocycles. The summed E-state index contributed by atoms with van der Waals surface area (Å²) in [5.74, 6) is 2.58. The van der Waals surface area contributed by atoms with Crippen LogP contribution in [0.3, 0.4) is 0 Å². The first-order chi connectivity index (χ1) is 12.7. The van der Waals surface area contributed by atoms with Crippen LogP contribution in [-0.4, -0.2) is 45.2 Å². The van der Waals surface area contributed by atoms with Crippen LogP contribution in [0.1, 0.15) is 29.3 Å². The summed E-state index contributed by atoms with van der Waals surface area (Å²) in [6.45, 7) is 4.25. The molecule has 2 aliphatic heterocycles. The predicted molar refractivity (Wildman–Crippen MR) is 94.2 cm³/mol. The number of benzene rings is 1. The quantitative estimate of drug-likeness (QED) is 0.913. The van der Waals surface area contributed by atoms with Gasteiger partial charge in [0.05, 0.1) is 0 Å². The average molecular weight is 355 g/mol. The van der Waals surface area contributed by atoms with E-state index in [0.717, 1.165) is 37.8 Å². The molecule has 3 heterocycles. The molecule has 26 heavy (non-hydrogen) atoms. The lowest BCUT2D eigenvalue weighted by Gasteiger charge is -2.25. The first-order valence-electron chi connectivity index (χ1n) is 9.37. The number of amides is 1. The molecule has 1 saturated carbocycles. The number of aromatic nitrogens is 3. The Balaban J connectivity index is 1.31. The van der Waals surface area contributed by atoms with E-state index < -0.39 is 0 Å². The minimum Gasteiger partial charge on any atom is -0.319 e. The number of carbonyl (C=O) groups is 1. The van der Waals surface area contributed by atoms with Gasteiger partial charge in [0, 0.05) is 38.3 Å². The highest BCUT2D eigenvalue weighted by molar-refractivity contribution is 6.01. The van der Waals surface area contributed by atoms with Crippen LogP contribution in [0.15, 0.2) is 24.3 Å². The maximum Gasteiger partial charge on any atom is 0.293 e. The molecule has 2 aromatic rings. The second-order valence-electron chi connectivity index (χ2n) is 7.90. The van der Waals surface area contributed by atoms with Crippen molar-refractivity contribution in [3.05, 3.63) is 41.7 Å². The SMILES string of the molecule is O=C(Nc1cccc(F)c1)c1nnc2n1C[C@@H]1CN(CC3CC3)C[C@@H]1C2. The molecule has 7 heteroatoms. The Morgan fingerprint density at radius 3 is 2.85 bits per heavy atom. The number of hydrogen-bond acceptors (Lipinski definition) is 4. The zero-order chi connectivity index (χ0) is 17.7. The fourth-order valence-corrected chi connectivity index (χ4v) is 4.36. The first kappa shape index (κ1) is 15.9. The molecule has 0 bridgehead atoms. The lowest BCUT2D eigenvalue weighted by atomic mass is 9.89. The summed E-state index contributed by atoms with van der Waals surface area (Å²) in [4.78, 5) is 15.2. The van der Waals surface area contributed by atoms with Crippen LogP contribution in [-0.2, 0) is 13.0 Å². The van der Waals surface area contributed by atoms with E-state index in [9.17, 15) is 9.18 Å². The van der Waals surface area contributed by atoms with Gasteiger partial charge in [0.1, 0.15) is 11.6 Å². The second kappa shape index (κ2) is 6.16. The summed E-state index contributed by atoms with van der Waals surface area (Å²) in [5, 5.41) is 11.1. The van der Waals surface area contributed by atoms with E-state index in [0.29, 0.717) is 23.3 Å². The van der Waals surface area contributed by atoms with Gasteiger partial charge in [-0.05, 0) is 48.8 Å². The molecule has 0 unspecified atom stereocenters. The van der Waals surface area contributed by atoms with Crippen molar-refractivity contribution in [1.29, 1.82) is 0 Å². The van der Waals surface area contributed by atoms with Gasteiger partial charge in [0.2, 0.25) is 5.82 Å². The van der Waals surface area contributed by atoms with E-state index in [1.807, 2.05) is 4.57 Å². The van der Waals surface area contributed by atoms with Crippen molar-refractivity contribution >= 4 is 11.6 Å². The molecule has 2 fully saturated rings. The third-order valence-corrected chi connectivity index (χ3v) is 5.84. The highest BCUT2D eigenvalue weighted by Gasteiger charge is 2.40. The standard InChI is InChI=1S/C19H22FN5O/c20-15-2-1-3-16(7-15)21-19(26)18-23-22-17-6-13-9-24(8-12-4-5-12)10-14(13)11-25(17)18/h1-3,7,12-14H,4-6,8-11H2,(H,21,26)/t13-,14-/m0/s1. The van der Waals surface area contributed by atoms with Gasteiger partial charge in [0.25, 0.3) is 5.91 Å². The van der Waals surface area contributed by atoms with Crippen molar-refractivity contribution in [2.24, 2.45) is 17.8 Å². The Labute approximate surface area is 151 Å². The Kier molecular flexibility index (Phi) is 3.77. The Morgan fingerprint density at radius 1 is 1.19 bits per heavy atom. The van der Waals surface area contributed by atoms with Crippen molar-refractivity contribution in [3.63, 3.8) is 0 Å². The third kappa shape index (κ3) is 3.00. The molecule has 136 valence electrons. The maximum atomic E-state index is 13.3. The van der Waals surface area contributed by atoms with Gasteiger partial charge in [-0.3, -0.25) is 4.79 Å². The largest absolute Gasteiger partial charge is 0.319 e. The molecule has 1 aromatic carbocycles. The van der Waals surface area contributed by atoms with Crippen molar-refractivity contribution in [3.8, 4) is 0 Å². The van der Waals surface area contributed by atoms with E-state index in [2.05, 4.69) is 20.4 Å². The third-order valence-electron chi connectivity index (χ3n) is 5.84. The van der Waals surface area contributed by atoms with Crippen LogP contribution in [0.4, 0.5) is 10.1 Å². The Hall–Kier alpha value is -2.28. The molecule has 2 atom stereocenters. The highest BCUT2D eigenvalue weighted by atomic mass is 19.1. The van der Waals surface area contributed by atoms with E-state index in [1.165, 1.54) is 31.5 Å². The van der Waals surface area contributed by atoms with Crippen molar-refractivity contribution in [2.45, 2.75) is 25.8 Å². The maximum absolute atomic E-state index is 13.3. The minimum atomic E-state index is -0.379. The molecule has 1 aliphatic carbocycles. The summed E-state index contributed by atoms with van der Waals surface area (Å²) in [6.07, 6.45) is 3.63. The van der Waals surface area contributed by atoms with Gasteiger partial charge in [-0.1, -0.05) is 6.07 Å². The predicted octanol–water partition coefficient (Wildman–Crippen LogP) is 2.18. The van der Waals surface area contributed by atoms with Crippen LogP contribution in [0.5, 0.6) is 0 Å². The van der Waals surface area contributed by atoms with E-state index in [1.54, 1.807) is 12.1 Å². The topological polar surface area (TPSA) is 63.1 Å². The van der Waals surface area contributed by atoms with Gasteiger partial charge in [-0.15, -0.1) is 10.2 Å². The summed E-state index contributed by atoms with van der Waals surface area (Å²) >= 11 is 0. The van der Waals surface area contributed by atoms with Gasteiger partial charge < -0.3 is 14.8 Å². The molecule has 1 N–H and O–H groups in total. The van der Waals surface area contributed by atoms with Gasteiger partial charge in [0.15, 0.2) is 0 Å². The Bertz CT molecular complexity index is 846. The summed E-state index contributed by atoms with van der Waals surface area (Å²) < 4.78 is 15.3. The number of nitrogens with zero attached hydrogens (tertiary/aromatic N) is 4. The highest BCUT2D eigenvalue weighted by Crippen LogP contribution is 2.36. The average Bonchev–Trinajstić information content (AvgIpc) is 3.18. The number of fused-ring (bicyclic) bond motifs is 2. The van der Waals surface area contributed by atoms with Gasteiger partial charge in [-0.25, -0.2) is 4.39 Å². The van der Waals surface area contributed by atoms with Crippen LogP contribution >= 0.6 is 0 Å². The summed E-state index contributed by atoms with van der Waals surface area (Å²) in [7, 11) is 0. The first-order valence-corrected chi connectivity index (χ1v) is 9.37. The zero-order valence-electron chi connectivity index (χ0n) is 14.6. The fraction of sp³-hybridized carbons (Fsp3) is 0.526. The van der Waals surface area contributed by atoms with Crippen LogP contribution in [0, 0.1) is 23.6 Å². The minimum absolute atomic E-state index is 0.323. The fourth-order valence-electron chi connectivity index (χ4n) is 4.36. The Morgan fingerprint density at radius 2 is 2.04 bits per heavy atom. The van der Waals surface area contributed by atoms with Crippen molar-refractivity contribution < 1.29 is 9.18 Å². The summed E-state index contributed by atoms with van der Waals surface area (Å²) in [6, 6.07) is 5.88. The van der Waals surface area contributed by atoms with E-state index >= 15 is 0 Å². The van der Waals surface area contributed by atoms with E-state index in [-0.39, 0.29) is 11.7 Å². The monoisotopic (exact) mass is 355 g/mol. The number of carbonyl (C=O) groups excluding carboxylic acids is 1. The smallest absolute Gasteiger partial charge is 0.293 e. The van der Waals surface area contributed by atoms with Crippen molar-refractivity contribution in [2.75, 3.05) is 25.0 Å². The molecule has 0 spiro atoms. The van der Waals surface area contributed by atoms with Crippen LogP contribution in [0.2, 0.25) is 0 Å². The van der Waals surface area contributed by atoms with Gasteiger partial charge in [-0.2, -0.15) is 0 Å². The molecule has 3 aliphatic rings. The molecular formula is C19H22FN5O. The number of halogens is 1. The molecule has 0 radical (unpaired) electrons. The molecule has 1 saturated heterocycles. The lowest BCUT2D eigenvalue weighted by Crippen LogP contribution is -2.31. The molecular weight excluding hydrogens is 333 g/mol. The number of hydrogen-bond donors (Lipinski definition) is 1. The number of rotatable bonds is 4. The zero-order valence-corrected chi connectivity index (χ0v) is 14.6. The normalized spacial score (nSPS) is 25.0. The lowest BCUT2D eigenvalue weighted by molar-refractivity contribution is 0.100.